The molecule has 4 bridgehead atoms. The number of hydrogen-bond acceptors (Lipinski definition) is 5. The molecule has 152 valence electrons. The van der Waals surface area contributed by atoms with Crippen LogP contribution in [0.4, 0.5) is 0 Å². The summed E-state index contributed by atoms with van der Waals surface area (Å²) in [7, 11) is 0. The molecule has 6 unspecified atom stereocenters. The number of hydrogen-bond donors (Lipinski definition) is 3. The van der Waals surface area contributed by atoms with E-state index >= 15 is 0 Å². The topological polar surface area (TPSA) is 59.6 Å². The second-order valence-corrected chi connectivity index (χ2v) is 9.38. The highest BCUT2D eigenvalue weighted by Crippen LogP contribution is 2.43. The fraction of sp³-hybridized carbons (Fsp3) is 0.682. The zero-order valence-corrected chi connectivity index (χ0v) is 17.0. The summed E-state index contributed by atoms with van der Waals surface area (Å²) >= 11 is 0. The zero-order valence-electron chi connectivity index (χ0n) is 17.0. The van der Waals surface area contributed by atoms with Crippen LogP contribution in [0.1, 0.15) is 25.8 Å². The number of benzene rings is 1. The molecular weight excluding hydrogens is 350 g/mol. The first-order chi connectivity index (χ1) is 13.6. The molecule has 6 atom stereocenters. The number of fused-ring (bicyclic) bond motifs is 1. The number of nitrogens with one attached hydrogen (secondary N) is 3. The molecule has 5 fully saturated rings. The highest BCUT2D eigenvalue weighted by Gasteiger charge is 2.56. The molecule has 0 spiro atoms. The number of piperidine rings is 2. The second-order valence-electron chi connectivity index (χ2n) is 9.38. The van der Waals surface area contributed by atoms with E-state index in [1.54, 1.807) is 0 Å². The molecule has 0 aromatic heterocycles. The van der Waals surface area contributed by atoms with Crippen LogP contribution in [0.15, 0.2) is 30.3 Å². The van der Waals surface area contributed by atoms with Crippen LogP contribution in [0.3, 0.4) is 0 Å². The molecule has 5 aliphatic rings. The predicted molar refractivity (Wildman–Crippen MR) is 110 cm³/mol. The molecule has 6 heteroatoms. The molecule has 1 aromatic rings. The first-order valence-electron chi connectivity index (χ1n) is 10.9. The van der Waals surface area contributed by atoms with E-state index in [9.17, 15) is 4.79 Å². The van der Waals surface area contributed by atoms with Crippen molar-refractivity contribution >= 4 is 5.91 Å². The Balaban J connectivity index is 1.45. The van der Waals surface area contributed by atoms with Crippen molar-refractivity contribution in [2.24, 2.45) is 11.8 Å². The van der Waals surface area contributed by atoms with E-state index in [1.165, 1.54) is 5.56 Å². The van der Waals surface area contributed by atoms with E-state index in [0.717, 1.165) is 45.7 Å². The number of carbonyl (C=O) groups excluding carboxylic acids is 1. The van der Waals surface area contributed by atoms with Gasteiger partial charge < -0.3 is 15.1 Å². The Hall–Kier alpha value is -1.47. The van der Waals surface area contributed by atoms with E-state index < -0.39 is 0 Å². The molecule has 0 aliphatic carbocycles. The second kappa shape index (κ2) is 7.10. The van der Waals surface area contributed by atoms with Crippen molar-refractivity contribution in [3.05, 3.63) is 35.9 Å². The number of nitrogens with zero attached hydrogens (tertiary/aromatic N) is 2. The monoisotopic (exact) mass is 383 g/mol. The van der Waals surface area contributed by atoms with Gasteiger partial charge in [-0.05, 0) is 17.9 Å². The fourth-order valence-electron chi connectivity index (χ4n) is 6.28. The van der Waals surface area contributed by atoms with Gasteiger partial charge in [0.25, 0.3) is 0 Å². The molecular formula is C22H33N5O. The van der Waals surface area contributed by atoms with Crippen LogP contribution in [0.2, 0.25) is 0 Å². The number of amides is 1. The number of rotatable bonds is 4. The Labute approximate surface area is 168 Å². The molecule has 0 saturated carbocycles. The summed E-state index contributed by atoms with van der Waals surface area (Å²) in [5.74, 6) is 0.943. The standard InChI is InChI=1S/C22H33N5O/c1-3-18-15(2)19(25-24-18)21(28)23-20-16-11-26-9-10-27(12-16)14-22(20,13-26)17-7-5-4-6-8-17/h4-8,15-16,18-20,24-25H,3,9-14H2,1-2H3,(H,23,28). The Morgan fingerprint density at radius 3 is 2.43 bits per heavy atom. The van der Waals surface area contributed by atoms with Crippen LogP contribution < -0.4 is 16.2 Å². The lowest BCUT2D eigenvalue weighted by Gasteiger charge is -2.56. The van der Waals surface area contributed by atoms with E-state index in [2.05, 4.69) is 70.1 Å². The van der Waals surface area contributed by atoms with Crippen LogP contribution in [-0.2, 0) is 10.2 Å². The van der Waals surface area contributed by atoms with Crippen molar-refractivity contribution in [1.82, 2.24) is 26.0 Å². The number of carbonyl (C=O) groups is 1. The van der Waals surface area contributed by atoms with Crippen molar-refractivity contribution < 1.29 is 4.79 Å². The summed E-state index contributed by atoms with van der Waals surface area (Å²) in [6.07, 6.45) is 1.03. The largest absolute Gasteiger partial charge is 0.351 e. The maximum Gasteiger partial charge on any atom is 0.239 e. The minimum absolute atomic E-state index is 0.0198. The summed E-state index contributed by atoms with van der Waals surface area (Å²) in [4.78, 5) is 18.6. The van der Waals surface area contributed by atoms with Gasteiger partial charge in [0.15, 0.2) is 0 Å². The Morgan fingerprint density at radius 1 is 1.14 bits per heavy atom. The molecule has 6 nitrogen and oxygen atoms in total. The summed E-state index contributed by atoms with van der Waals surface area (Å²) in [6, 6.07) is 11.3. The molecule has 1 aromatic carbocycles. The smallest absolute Gasteiger partial charge is 0.239 e. The highest BCUT2D eigenvalue weighted by molar-refractivity contribution is 5.83. The maximum atomic E-state index is 13.3. The molecule has 0 radical (unpaired) electrons. The molecule has 5 heterocycles. The fourth-order valence-corrected chi connectivity index (χ4v) is 6.28. The highest BCUT2D eigenvalue weighted by atomic mass is 16.2. The van der Waals surface area contributed by atoms with Crippen molar-refractivity contribution in [3.8, 4) is 0 Å². The van der Waals surface area contributed by atoms with Gasteiger partial charge in [-0.3, -0.25) is 10.2 Å². The molecule has 5 saturated heterocycles. The van der Waals surface area contributed by atoms with Crippen LogP contribution >= 0.6 is 0 Å². The van der Waals surface area contributed by atoms with E-state index in [1.807, 2.05) is 0 Å². The van der Waals surface area contributed by atoms with Gasteiger partial charge in [-0.25, -0.2) is 5.43 Å². The third-order valence-corrected chi connectivity index (χ3v) is 7.75. The minimum Gasteiger partial charge on any atom is -0.351 e. The summed E-state index contributed by atoms with van der Waals surface area (Å²) in [5.41, 5.74) is 7.93. The number of hydrazine groups is 1. The van der Waals surface area contributed by atoms with Gasteiger partial charge in [0.1, 0.15) is 6.04 Å². The molecule has 28 heavy (non-hydrogen) atoms. The Morgan fingerprint density at radius 2 is 1.82 bits per heavy atom. The van der Waals surface area contributed by atoms with Crippen LogP contribution in [0.5, 0.6) is 0 Å². The van der Waals surface area contributed by atoms with E-state index in [-0.39, 0.29) is 23.4 Å². The third-order valence-electron chi connectivity index (χ3n) is 7.75. The third kappa shape index (κ3) is 2.89. The molecule has 6 rings (SSSR count). The first kappa shape index (κ1) is 18.6. The molecule has 1 amide bonds. The predicted octanol–water partition coefficient (Wildman–Crippen LogP) is 0.561. The van der Waals surface area contributed by atoms with Crippen LogP contribution in [-0.4, -0.2) is 73.1 Å². The lowest BCUT2D eigenvalue weighted by Crippen LogP contribution is -2.71. The van der Waals surface area contributed by atoms with Gasteiger partial charge in [0.05, 0.1) is 0 Å². The average molecular weight is 384 g/mol. The van der Waals surface area contributed by atoms with Gasteiger partial charge in [-0.1, -0.05) is 44.2 Å². The van der Waals surface area contributed by atoms with Crippen molar-refractivity contribution in [2.45, 2.75) is 43.8 Å². The molecule has 5 aliphatic heterocycles. The Bertz CT molecular complexity index is 709. The van der Waals surface area contributed by atoms with Crippen molar-refractivity contribution in [1.29, 1.82) is 0 Å². The summed E-state index contributed by atoms with van der Waals surface area (Å²) in [5, 5.41) is 3.55. The SMILES string of the molecule is CCC1NNC(C(=O)NC2C3CN4CCN(C3)CC2(c2ccccc2)C4)C1C. The average Bonchev–Trinajstić information content (AvgIpc) is 2.90. The maximum absolute atomic E-state index is 13.3. The quantitative estimate of drug-likeness (QED) is 0.709. The van der Waals surface area contributed by atoms with E-state index in [0.29, 0.717) is 17.9 Å². The van der Waals surface area contributed by atoms with Crippen LogP contribution in [0, 0.1) is 11.8 Å². The lowest BCUT2D eigenvalue weighted by atomic mass is 9.64. The van der Waals surface area contributed by atoms with Crippen LogP contribution in [0.25, 0.3) is 0 Å². The van der Waals surface area contributed by atoms with Gasteiger partial charge in [0, 0.05) is 62.7 Å². The van der Waals surface area contributed by atoms with Crippen molar-refractivity contribution in [2.75, 3.05) is 39.3 Å². The van der Waals surface area contributed by atoms with Gasteiger partial charge in [-0.15, -0.1) is 0 Å². The van der Waals surface area contributed by atoms with Gasteiger partial charge in [-0.2, -0.15) is 0 Å². The normalized spacial score (nSPS) is 44.4. The lowest BCUT2D eigenvalue weighted by molar-refractivity contribution is -0.127. The first-order valence-corrected chi connectivity index (χ1v) is 10.9. The minimum atomic E-state index is -0.155. The summed E-state index contributed by atoms with van der Waals surface area (Å²) < 4.78 is 0. The van der Waals surface area contributed by atoms with Gasteiger partial charge >= 0.3 is 0 Å². The molecule has 3 N–H and O–H groups in total. The van der Waals surface area contributed by atoms with Gasteiger partial charge in [0.2, 0.25) is 5.91 Å². The zero-order chi connectivity index (χ0) is 19.3. The Kier molecular flexibility index (Phi) is 4.70. The summed E-state index contributed by atoms with van der Waals surface area (Å²) in [6.45, 7) is 10.9. The van der Waals surface area contributed by atoms with E-state index in [4.69, 9.17) is 0 Å². The van der Waals surface area contributed by atoms with Crippen molar-refractivity contribution in [3.63, 3.8) is 0 Å².